The average Bonchev–Trinajstić information content (AvgIpc) is 3.32. The average molecular weight is 512 g/mol. The highest BCUT2D eigenvalue weighted by Crippen LogP contribution is 2.31. The van der Waals surface area contributed by atoms with Crippen molar-refractivity contribution >= 4 is 11.6 Å². The maximum Gasteiger partial charge on any atom is 0.252 e. The zero-order valence-corrected chi connectivity index (χ0v) is 21.5. The maximum absolute atomic E-state index is 13.0. The largest absolute Gasteiger partial charge is 0.376 e. The lowest BCUT2D eigenvalue weighted by Crippen LogP contribution is -2.47. The Labute approximate surface area is 218 Å². The van der Waals surface area contributed by atoms with E-state index in [-0.39, 0.29) is 30.0 Å². The van der Waals surface area contributed by atoms with E-state index in [0.717, 1.165) is 51.0 Å². The van der Waals surface area contributed by atoms with Gasteiger partial charge in [-0.2, -0.15) is 0 Å². The number of hydrogen-bond acceptors (Lipinski definition) is 7. The first kappa shape index (κ1) is 26.1. The van der Waals surface area contributed by atoms with E-state index in [9.17, 15) is 9.18 Å². The minimum absolute atomic E-state index is 0.0541. The van der Waals surface area contributed by atoms with E-state index < -0.39 is 0 Å². The number of amides is 1. The van der Waals surface area contributed by atoms with Crippen LogP contribution in [0.2, 0.25) is 0 Å². The Hall–Kier alpha value is -2.56. The normalized spacial score (nSPS) is 26.2. The quantitative estimate of drug-likeness (QED) is 0.447. The first-order valence-electron chi connectivity index (χ1n) is 13.3. The highest BCUT2D eigenvalue weighted by atomic mass is 19.1. The fraction of sp³-hybridized carbons (Fsp3) is 0.536. The van der Waals surface area contributed by atoms with Crippen LogP contribution in [0.3, 0.4) is 0 Å². The molecule has 0 aromatic heterocycles. The fourth-order valence-corrected chi connectivity index (χ4v) is 5.48. The van der Waals surface area contributed by atoms with Crippen molar-refractivity contribution in [1.82, 2.24) is 21.1 Å². The lowest BCUT2D eigenvalue weighted by Gasteiger charge is -2.34. The van der Waals surface area contributed by atoms with E-state index in [4.69, 9.17) is 9.47 Å². The third-order valence-corrected chi connectivity index (χ3v) is 7.76. The van der Waals surface area contributed by atoms with Crippen LogP contribution in [0, 0.1) is 11.7 Å². The highest BCUT2D eigenvalue weighted by molar-refractivity contribution is 5.94. The number of piperazine rings is 1. The van der Waals surface area contributed by atoms with Crippen LogP contribution in [-0.4, -0.2) is 75.6 Å². The zero-order chi connectivity index (χ0) is 25.6. The van der Waals surface area contributed by atoms with Crippen LogP contribution in [0.15, 0.2) is 48.5 Å². The number of carbonyl (C=O) groups excluding carboxylic acids is 1. The second-order valence-electron chi connectivity index (χ2n) is 10.3. The van der Waals surface area contributed by atoms with Crippen LogP contribution in [0.5, 0.6) is 0 Å². The van der Waals surface area contributed by atoms with Gasteiger partial charge in [-0.25, -0.2) is 9.82 Å². The van der Waals surface area contributed by atoms with Gasteiger partial charge in [0.25, 0.3) is 5.91 Å². The molecular weight excluding hydrogens is 473 g/mol. The number of fused-ring (bicyclic) bond motifs is 1. The third kappa shape index (κ3) is 6.86. The lowest BCUT2D eigenvalue weighted by molar-refractivity contribution is -0.0239. The Kier molecular flexibility index (Phi) is 8.68. The predicted molar refractivity (Wildman–Crippen MR) is 141 cm³/mol. The number of rotatable bonds is 9. The second-order valence-corrected chi connectivity index (χ2v) is 10.3. The minimum atomic E-state index is -0.241. The molecule has 0 radical (unpaired) electrons. The molecule has 200 valence electrons. The molecule has 37 heavy (non-hydrogen) atoms. The molecule has 3 aliphatic rings. The maximum atomic E-state index is 13.0. The first-order valence-corrected chi connectivity index (χ1v) is 13.3. The van der Waals surface area contributed by atoms with Crippen LogP contribution in [0.1, 0.15) is 35.2 Å². The molecule has 2 heterocycles. The number of likely N-dealkylation sites (N-methyl/N-ethyl adjacent to an activating group) is 1. The summed E-state index contributed by atoms with van der Waals surface area (Å²) in [5.41, 5.74) is 9.44. The fourth-order valence-electron chi connectivity index (χ4n) is 5.48. The van der Waals surface area contributed by atoms with Gasteiger partial charge in [0.05, 0.1) is 32.1 Å². The number of nitrogens with one attached hydrogen (secondary N) is 3. The molecule has 2 aromatic carbocycles. The Balaban J connectivity index is 1.02. The first-order chi connectivity index (χ1) is 18.0. The number of carbonyl (C=O) groups is 1. The van der Waals surface area contributed by atoms with Crippen molar-refractivity contribution in [2.75, 3.05) is 51.3 Å². The molecule has 9 heteroatoms. The summed E-state index contributed by atoms with van der Waals surface area (Å²) in [6.07, 6.45) is 2.88. The van der Waals surface area contributed by atoms with Crippen molar-refractivity contribution in [3.63, 3.8) is 0 Å². The summed E-state index contributed by atoms with van der Waals surface area (Å²) < 4.78 is 24.7. The van der Waals surface area contributed by atoms with Gasteiger partial charge in [-0.15, -0.1) is 0 Å². The van der Waals surface area contributed by atoms with Crippen LogP contribution >= 0.6 is 0 Å². The summed E-state index contributed by atoms with van der Waals surface area (Å²) in [5, 5.41) is 3.18. The minimum Gasteiger partial charge on any atom is -0.376 e. The number of hydrogen-bond donors (Lipinski definition) is 3. The summed E-state index contributed by atoms with van der Waals surface area (Å²) in [4.78, 5) is 17.6. The Morgan fingerprint density at radius 1 is 1.00 bits per heavy atom. The van der Waals surface area contributed by atoms with Gasteiger partial charge in [-0.1, -0.05) is 12.1 Å². The molecule has 2 aromatic rings. The number of nitrogens with zero attached hydrogens (tertiary/aromatic N) is 2. The molecule has 2 saturated heterocycles. The predicted octanol–water partition coefficient (Wildman–Crippen LogP) is 2.51. The third-order valence-electron chi connectivity index (χ3n) is 7.76. The molecule has 5 rings (SSSR count). The number of benzene rings is 2. The molecule has 0 spiro atoms. The van der Waals surface area contributed by atoms with E-state index in [1.807, 2.05) is 12.1 Å². The van der Waals surface area contributed by atoms with Crippen LogP contribution in [0.4, 0.5) is 10.1 Å². The van der Waals surface area contributed by atoms with Crippen molar-refractivity contribution in [3.8, 4) is 0 Å². The number of ether oxygens (including phenoxy) is 2. The van der Waals surface area contributed by atoms with E-state index >= 15 is 0 Å². The van der Waals surface area contributed by atoms with Crippen LogP contribution in [-0.2, 0) is 16.1 Å². The smallest absolute Gasteiger partial charge is 0.252 e. The molecule has 1 aliphatic carbocycles. The molecule has 4 unspecified atom stereocenters. The van der Waals surface area contributed by atoms with Gasteiger partial charge in [-0.05, 0) is 68.3 Å². The molecule has 3 N–H and O–H groups in total. The molecule has 3 fully saturated rings. The molecular formula is C28H38FN5O3. The van der Waals surface area contributed by atoms with Gasteiger partial charge < -0.3 is 24.6 Å². The number of halogens is 1. The molecule has 1 saturated carbocycles. The van der Waals surface area contributed by atoms with Crippen molar-refractivity contribution in [3.05, 3.63) is 65.5 Å². The van der Waals surface area contributed by atoms with Crippen molar-refractivity contribution in [2.24, 2.45) is 5.92 Å². The van der Waals surface area contributed by atoms with Gasteiger partial charge in [0, 0.05) is 49.4 Å². The van der Waals surface area contributed by atoms with Gasteiger partial charge in [0.2, 0.25) is 0 Å². The summed E-state index contributed by atoms with van der Waals surface area (Å²) in [7, 11) is 2.15. The lowest BCUT2D eigenvalue weighted by atomic mass is 9.82. The van der Waals surface area contributed by atoms with Crippen molar-refractivity contribution in [1.29, 1.82) is 0 Å². The molecule has 8 nitrogen and oxygen atoms in total. The Morgan fingerprint density at radius 2 is 1.76 bits per heavy atom. The van der Waals surface area contributed by atoms with E-state index in [0.29, 0.717) is 31.3 Å². The molecule has 2 aliphatic heterocycles. The monoisotopic (exact) mass is 511 g/mol. The standard InChI is InChI=1S/C28H38FN5O3/c1-33-12-14-34(15-13-33)23-8-4-21(5-9-23)28(35)30-27-25-11-10-24(18-26(25)31-32-27)37-17-16-36-19-20-2-6-22(29)7-3-20/h2-9,24-27,31-32H,10-19H2,1H3,(H,30,35). The van der Waals surface area contributed by atoms with Gasteiger partial charge in [0.1, 0.15) is 5.82 Å². The van der Waals surface area contributed by atoms with Gasteiger partial charge in [-0.3, -0.25) is 10.2 Å². The number of anilines is 1. The van der Waals surface area contributed by atoms with Crippen molar-refractivity contribution in [2.45, 2.75) is 44.2 Å². The summed E-state index contributed by atoms with van der Waals surface area (Å²) in [6.45, 7) is 5.61. The number of hydrazine groups is 1. The second kappa shape index (κ2) is 12.3. The summed E-state index contributed by atoms with van der Waals surface area (Å²) >= 11 is 0. The Bertz CT molecular complexity index is 1010. The summed E-state index contributed by atoms with van der Waals surface area (Å²) in [6, 6.07) is 14.5. The summed E-state index contributed by atoms with van der Waals surface area (Å²) in [5.74, 6) is 0.0274. The topological polar surface area (TPSA) is 78.1 Å². The van der Waals surface area contributed by atoms with Gasteiger partial charge >= 0.3 is 0 Å². The van der Waals surface area contributed by atoms with Gasteiger partial charge in [0.15, 0.2) is 0 Å². The molecule has 0 bridgehead atoms. The highest BCUT2D eigenvalue weighted by Gasteiger charge is 2.41. The molecule has 1 amide bonds. The van der Waals surface area contributed by atoms with Crippen LogP contribution < -0.4 is 21.1 Å². The SMILES string of the molecule is CN1CCN(c2ccc(C(=O)NC3NNC4CC(OCCOCc5ccc(F)cc5)CCC43)cc2)CC1. The van der Waals surface area contributed by atoms with Crippen molar-refractivity contribution < 1.29 is 18.7 Å². The zero-order valence-electron chi connectivity index (χ0n) is 21.5. The molecule has 4 atom stereocenters. The van der Waals surface area contributed by atoms with E-state index in [2.05, 4.69) is 45.1 Å². The van der Waals surface area contributed by atoms with E-state index in [1.54, 1.807) is 12.1 Å². The van der Waals surface area contributed by atoms with Crippen LogP contribution in [0.25, 0.3) is 0 Å². The Morgan fingerprint density at radius 3 is 2.51 bits per heavy atom. The van der Waals surface area contributed by atoms with E-state index in [1.165, 1.54) is 17.8 Å².